The van der Waals surface area contributed by atoms with E-state index in [1.807, 2.05) is 5.32 Å². The maximum atomic E-state index is 11.0. The summed E-state index contributed by atoms with van der Waals surface area (Å²) in [5.41, 5.74) is 0.400. The predicted octanol–water partition coefficient (Wildman–Crippen LogP) is 2.06. The summed E-state index contributed by atoms with van der Waals surface area (Å²) in [5.74, 6) is -2.05. The Morgan fingerprint density at radius 1 is 1.45 bits per heavy atom. The summed E-state index contributed by atoms with van der Waals surface area (Å²) in [4.78, 5) is 25.5. The second kappa shape index (κ2) is 5.31. The van der Waals surface area contributed by atoms with Crippen LogP contribution in [0.3, 0.4) is 0 Å². The van der Waals surface area contributed by atoms with Gasteiger partial charge in [-0.05, 0) is 12.1 Å². The van der Waals surface area contributed by atoms with Gasteiger partial charge < -0.3 is 19.4 Å². The van der Waals surface area contributed by atoms with Crippen molar-refractivity contribution in [3.05, 3.63) is 24.5 Å². The van der Waals surface area contributed by atoms with Crippen LogP contribution in [0.5, 0.6) is 11.5 Å². The topological polar surface area (TPSA) is 122 Å². The largest absolute Gasteiger partial charge is 0.502 e. The monoisotopic (exact) mass is 278 g/mol. The van der Waals surface area contributed by atoms with Gasteiger partial charge in [0.2, 0.25) is 11.5 Å². The van der Waals surface area contributed by atoms with E-state index in [2.05, 4.69) is 4.98 Å². The number of esters is 1. The summed E-state index contributed by atoms with van der Waals surface area (Å²) < 4.78 is 9.93. The van der Waals surface area contributed by atoms with E-state index in [9.17, 15) is 14.7 Å². The van der Waals surface area contributed by atoms with Gasteiger partial charge in [0.1, 0.15) is 0 Å². The Morgan fingerprint density at radius 2 is 2.20 bits per heavy atom. The molecule has 20 heavy (non-hydrogen) atoms. The van der Waals surface area contributed by atoms with Crippen LogP contribution in [0.1, 0.15) is 6.92 Å². The standard InChI is InChI=1S/C12H10N2O6/c1-6(15)19-10-8(16)9(7-3-2-4-13-5-7)20-11(10)14-12(17)18/h2-5,14,16H,1H3,(H,17,18). The number of nitrogens with zero attached hydrogens (tertiary/aromatic N) is 1. The third-order valence-corrected chi connectivity index (χ3v) is 2.23. The number of amides is 1. The first kappa shape index (κ1) is 13.4. The number of hydrogen-bond donors (Lipinski definition) is 3. The number of nitrogens with one attached hydrogen (secondary N) is 1. The lowest BCUT2D eigenvalue weighted by molar-refractivity contribution is -0.132. The Bertz CT molecular complexity index is 649. The van der Waals surface area contributed by atoms with E-state index in [1.54, 1.807) is 12.1 Å². The predicted molar refractivity (Wildman–Crippen MR) is 66.6 cm³/mol. The van der Waals surface area contributed by atoms with Gasteiger partial charge in [0.15, 0.2) is 5.76 Å². The molecule has 0 aliphatic heterocycles. The van der Waals surface area contributed by atoms with E-state index in [4.69, 9.17) is 14.3 Å². The van der Waals surface area contributed by atoms with E-state index in [-0.39, 0.29) is 11.6 Å². The number of carboxylic acid groups (broad SMARTS) is 1. The summed E-state index contributed by atoms with van der Waals surface area (Å²) >= 11 is 0. The van der Waals surface area contributed by atoms with E-state index < -0.39 is 23.6 Å². The van der Waals surface area contributed by atoms with Gasteiger partial charge in [-0.1, -0.05) is 0 Å². The number of ether oxygens (including phenoxy) is 1. The van der Waals surface area contributed by atoms with Crippen molar-refractivity contribution in [3.63, 3.8) is 0 Å². The maximum absolute atomic E-state index is 11.0. The zero-order valence-corrected chi connectivity index (χ0v) is 10.3. The van der Waals surface area contributed by atoms with Crippen molar-refractivity contribution in [2.24, 2.45) is 0 Å². The molecule has 1 amide bonds. The molecule has 0 aromatic carbocycles. The molecule has 104 valence electrons. The number of carbonyl (C=O) groups is 2. The molecule has 8 heteroatoms. The van der Waals surface area contributed by atoms with Gasteiger partial charge in [-0.3, -0.25) is 15.1 Å². The minimum atomic E-state index is -1.43. The van der Waals surface area contributed by atoms with E-state index in [1.165, 1.54) is 12.4 Å². The summed E-state index contributed by atoms with van der Waals surface area (Å²) in [6.45, 7) is 1.11. The molecule has 0 fully saturated rings. The number of furan rings is 1. The molecule has 2 heterocycles. The van der Waals surface area contributed by atoms with Crippen molar-refractivity contribution >= 4 is 17.9 Å². The molecule has 0 aliphatic carbocycles. The summed E-state index contributed by atoms with van der Waals surface area (Å²) in [6, 6.07) is 3.20. The molecule has 0 saturated carbocycles. The highest BCUT2D eigenvalue weighted by Crippen LogP contribution is 2.45. The first-order chi connectivity index (χ1) is 9.49. The van der Waals surface area contributed by atoms with Crippen LogP contribution in [0.15, 0.2) is 28.9 Å². The lowest BCUT2D eigenvalue weighted by Crippen LogP contribution is -2.09. The van der Waals surface area contributed by atoms with Crippen LogP contribution >= 0.6 is 0 Å². The zero-order chi connectivity index (χ0) is 14.7. The van der Waals surface area contributed by atoms with Crippen LogP contribution in [0.4, 0.5) is 10.7 Å². The smallest absolute Gasteiger partial charge is 0.411 e. The molecule has 3 N–H and O–H groups in total. The van der Waals surface area contributed by atoms with Crippen molar-refractivity contribution < 1.29 is 29.0 Å². The second-order valence-electron chi connectivity index (χ2n) is 3.70. The van der Waals surface area contributed by atoms with Gasteiger partial charge in [-0.2, -0.15) is 0 Å². The van der Waals surface area contributed by atoms with Gasteiger partial charge >= 0.3 is 12.1 Å². The van der Waals surface area contributed by atoms with Crippen LogP contribution in [-0.4, -0.2) is 27.3 Å². The third kappa shape index (κ3) is 2.69. The Labute approximate surface area is 112 Å². The van der Waals surface area contributed by atoms with Gasteiger partial charge in [-0.25, -0.2) is 4.79 Å². The average Bonchev–Trinajstić information content (AvgIpc) is 2.67. The highest BCUT2D eigenvalue weighted by atomic mass is 16.6. The quantitative estimate of drug-likeness (QED) is 0.734. The first-order valence-electron chi connectivity index (χ1n) is 5.43. The molecule has 0 aliphatic rings. The summed E-state index contributed by atoms with van der Waals surface area (Å²) in [7, 11) is 0. The Hall–Kier alpha value is -3.03. The molecule has 0 bridgehead atoms. The number of aromatic hydroxyl groups is 1. The lowest BCUT2D eigenvalue weighted by atomic mass is 10.2. The second-order valence-corrected chi connectivity index (χ2v) is 3.70. The Kier molecular flexibility index (Phi) is 3.56. The zero-order valence-electron chi connectivity index (χ0n) is 10.3. The fraction of sp³-hybridized carbons (Fsp3) is 0.0833. The minimum absolute atomic E-state index is 0.0573. The van der Waals surface area contributed by atoms with Gasteiger partial charge in [0, 0.05) is 24.9 Å². The van der Waals surface area contributed by atoms with Crippen LogP contribution in [0.2, 0.25) is 0 Å². The number of hydrogen-bond acceptors (Lipinski definition) is 6. The van der Waals surface area contributed by atoms with Crippen molar-refractivity contribution in [1.82, 2.24) is 4.98 Å². The first-order valence-corrected chi connectivity index (χ1v) is 5.43. The number of rotatable bonds is 3. The summed E-state index contributed by atoms with van der Waals surface area (Å²) in [6.07, 6.45) is 1.50. The highest BCUT2D eigenvalue weighted by molar-refractivity contribution is 5.87. The third-order valence-electron chi connectivity index (χ3n) is 2.23. The van der Waals surface area contributed by atoms with Crippen molar-refractivity contribution in [2.45, 2.75) is 6.92 Å². The normalized spacial score (nSPS) is 10.1. The Balaban J connectivity index is 2.52. The van der Waals surface area contributed by atoms with Crippen LogP contribution in [0.25, 0.3) is 11.3 Å². The van der Waals surface area contributed by atoms with Crippen molar-refractivity contribution in [1.29, 1.82) is 0 Å². The van der Waals surface area contributed by atoms with Gasteiger partial charge in [0.25, 0.3) is 5.88 Å². The molecular weight excluding hydrogens is 268 g/mol. The molecule has 2 aromatic rings. The van der Waals surface area contributed by atoms with Crippen molar-refractivity contribution in [2.75, 3.05) is 5.32 Å². The van der Waals surface area contributed by atoms with Gasteiger partial charge in [-0.15, -0.1) is 0 Å². The molecule has 0 radical (unpaired) electrons. The van der Waals surface area contributed by atoms with E-state index >= 15 is 0 Å². The maximum Gasteiger partial charge on any atom is 0.411 e. The van der Waals surface area contributed by atoms with E-state index in [0.717, 1.165) is 6.92 Å². The molecule has 8 nitrogen and oxygen atoms in total. The fourth-order valence-corrected chi connectivity index (χ4v) is 1.52. The van der Waals surface area contributed by atoms with E-state index in [0.29, 0.717) is 5.56 Å². The number of pyridine rings is 1. The lowest BCUT2D eigenvalue weighted by Gasteiger charge is -2.00. The average molecular weight is 278 g/mol. The molecule has 0 atom stereocenters. The minimum Gasteiger partial charge on any atom is -0.502 e. The fourth-order valence-electron chi connectivity index (χ4n) is 1.52. The number of anilines is 1. The molecule has 0 saturated heterocycles. The molecule has 2 aromatic heterocycles. The van der Waals surface area contributed by atoms with Gasteiger partial charge in [0.05, 0.1) is 0 Å². The molecule has 2 rings (SSSR count). The van der Waals surface area contributed by atoms with Crippen LogP contribution in [0, 0.1) is 0 Å². The molecular formula is C12H10N2O6. The van der Waals surface area contributed by atoms with Crippen LogP contribution < -0.4 is 10.1 Å². The molecule has 0 unspecified atom stereocenters. The van der Waals surface area contributed by atoms with Crippen LogP contribution in [-0.2, 0) is 4.79 Å². The molecule has 0 spiro atoms. The number of carbonyl (C=O) groups excluding carboxylic acids is 1. The SMILES string of the molecule is CC(=O)Oc1c(NC(=O)O)oc(-c2cccnc2)c1O. The number of aromatic nitrogens is 1. The Morgan fingerprint density at radius 3 is 2.75 bits per heavy atom. The highest BCUT2D eigenvalue weighted by Gasteiger charge is 2.25. The summed E-state index contributed by atoms with van der Waals surface area (Å²) in [5, 5.41) is 20.6. The van der Waals surface area contributed by atoms with Crippen molar-refractivity contribution in [3.8, 4) is 22.8 Å².